The van der Waals surface area contributed by atoms with Gasteiger partial charge in [0.15, 0.2) is 5.76 Å². The zero-order valence-corrected chi connectivity index (χ0v) is 15.5. The molecule has 0 N–H and O–H groups in total. The highest BCUT2D eigenvalue weighted by Crippen LogP contribution is 2.25. The number of anilines is 1. The maximum absolute atomic E-state index is 5.95. The summed E-state index contributed by atoms with van der Waals surface area (Å²) < 4.78 is 5.95. The minimum absolute atomic E-state index is 0.771. The molecule has 1 aromatic heterocycles. The van der Waals surface area contributed by atoms with Crippen LogP contribution in [0.3, 0.4) is 0 Å². The van der Waals surface area contributed by atoms with Crippen molar-refractivity contribution in [1.82, 2.24) is 9.88 Å². The van der Waals surface area contributed by atoms with Gasteiger partial charge in [0.05, 0.1) is 12.7 Å². The average molecular weight is 347 g/mol. The van der Waals surface area contributed by atoms with Gasteiger partial charge in [0.2, 0.25) is 5.89 Å². The van der Waals surface area contributed by atoms with Crippen molar-refractivity contribution in [2.75, 3.05) is 31.1 Å². The van der Waals surface area contributed by atoms with E-state index in [1.807, 2.05) is 36.5 Å². The molecular formula is C22H25N3O. The maximum Gasteiger partial charge on any atom is 0.209 e. The molecule has 0 radical (unpaired) electrons. The van der Waals surface area contributed by atoms with Crippen LogP contribution in [-0.2, 0) is 6.54 Å². The topological polar surface area (TPSA) is 32.5 Å². The van der Waals surface area contributed by atoms with Crippen molar-refractivity contribution in [3.8, 4) is 11.3 Å². The van der Waals surface area contributed by atoms with E-state index < -0.39 is 0 Å². The van der Waals surface area contributed by atoms with E-state index in [1.165, 1.54) is 16.8 Å². The number of piperazine rings is 1. The highest BCUT2D eigenvalue weighted by Gasteiger charge is 2.20. The molecule has 2 aromatic carbocycles. The van der Waals surface area contributed by atoms with Crippen LogP contribution in [0, 0.1) is 13.8 Å². The molecule has 4 nitrogen and oxygen atoms in total. The fraction of sp³-hybridized carbons (Fsp3) is 0.318. The van der Waals surface area contributed by atoms with E-state index in [-0.39, 0.29) is 0 Å². The summed E-state index contributed by atoms with van der Waals surface area (Å²) in [4.78, 5) is 9.38. The van der Waals surface area contributed by atoms with Crippen molar-refractivity contribution in [3.05, 3.63) is 71.7 Å². The number of aromatic nitrogens is 1. The smallest absolute Gasteiger partial charge is 0.209 e. The van der Waals surface area contributed by atoms with Crippen LogP contribution >= 0.6 is 0 Å². The fourth-order valence-corrected chi connectivity index (χ4v) is 3.54. The lowest BCUT2D eigenvalue weighted by Gasteiger charge is -2.36. The highest BCUT2D eigenvalue weighted by atomic mass is 16.4. The molecule has 1 saturated heterocycles. The number of hydrogen-bond donors (Lipinski definition) is 0. The first-order valence-electron chi connectivity index (χ1n) is 9.24. The number of rotatable bonds is 4. The van der Waals surface area contributed by atoms with Crippen LogP contribution in [0.15, 0.2) is 59.1 Å². The Hall–Kier alpha value is -2.59. The van der Waals surface area contributed by atoms with Gasteiger partial charge in [-0.05, 0) is 31.0 Å². The van der Waals surface area contributed by atoms with Crippen molar-refractivity contribution < 1.29 is 4.42 Å². The molecule has 1 fully saturated rings. The summed E-state index contributed by atoms with van der Waals surface area (Å²) in [5.74, 6) is 1.64. The summed E-state index contributed by atoms with van der Waals surface area (Å²) in [6, 6.07) is 16.7. The molecule has 0 spiro atoms. The second kappa shape index (κ2) is 7.34. The maximum atomic E-state index is 5.95. The summed E-state index contributed by atoms with van der Waals surface area (Å²) in [5.41, 5.74) is 5.19. The molecule has 26 heavy (non-hydrogen) atoms. The van der Waals surface area contributed by atoms with Gasteiger partial charge in [-0.3, -0.25) is 4.90 Å². The first kappa shape index (κ1) is 16.9. The monoisotopic (exact) mass is 347 g/mol. The number of aryl methyl sites for hydroxylation is 1. The Labute approximate surface area is 155 Å². The minimum Gasteiger partial charge on any atom is -0.439 e. The molecule has 1 aliphatic rings. The first-order chi connectivity index (χ1) is 12.7. The Bertz CT molecular complexity index is 864. The van der Waals surface area contributed by atoms with Gasteiger partial charge < -0.3 is 9.32 Å². The van der Waals surface area contributed by atoms with Crippen LogP contribution in [0.5, 0.6) is 0 Å². The number of benzene rings is 2. The number of nitrogens with zero attached hydrogens (tertiary/aromatic N) is 3. The summed E-state index contributed by atoms with van der Waals surface area (Å²) in [6.45, 7) is 9.30. The van der Waals surface area contributed by atoms with Gasteiger partial charge in [-0.25, -0.2) is 4.98 Å². The van der Waals surface area contributed by atoms with Crippen LogP contribution in [-0.4, -0.2) is 36.1 Å². The summed E-state index contributed by atoms with van der Waals surface area (Å²) in [7, 11) is 0. The third kappa shape index (κ3) is 3.51. The normalized spacial score (nSPS) is 15.4. The van der Waals surface area contributed by atoms with Gasteiger partial charge in [0.1, 0.15) is 0 Å². The third-order valence-electron chi connectivity index (χ3n) is 5.26. The molecule has 134 valence electrons. The van der Waals surface area contributed by atoms with E-state index in [0.717, 1.165) is 49.9 Å². The predicted molar refractivity (Wildman–Crippen MR) is 105 cm³/mol. The van der Waals surface area contributed by atoms with Gasteiger partial charge in [-0.1, -0.05) is 42.5 Å². The Balaban J connectivity index is 1.37. The molecule has 0 saturated carbocycles. The molecular weight excluding hydrogens is 322 g/mol. The zero-order valence-electron chi connectivity index (χ0n) is 15.5. The summed E-state index contributed by atoms with van der Waals surface area (Å²) >= 11 is 0. The van der Waals surface area contributed by atoms with Crippen LogP contribution in [0.4, 0.5) is 5.69 Å². The second-order valence-corrected chi connectivity index (χ2v) is 6.97. The van der Waals surface area contributed by atoms with E-state index in [9.17, 15) is 0 Å². The zero-order chi connectivity index (χ0) is 17.9. The van der Waals surface area contributed by atoms with Crippen LogP contribution in [0.25, 0.3) is 11.3 Å². The molecule has 0 aliphatic carbocycles. The number of oxazole rings is 1. The lowest BCUT2D eigenvalue weighted by Crippen LogP contribution is -2.46. The highest BCUT2D eigenvalue weighted by molar-refractivity contribution is 5.56. The molecule has 4 heteroatoms. The van der Waals surface area contributed by atoms with Crippen molar-refractivity contribution in [2.45, 2.75) is 20.4 Å². The summed E-state index contributed by atoms with van der Waals surface area (Å²) in [6.07, 6.45) is 1.83. The Kier molecular flexibility index (Phi) is 4.76. The van der Waals surface area contributed by atoms with Gasteiger partial charge in [-0.15, -0.1) is 0 Å². The van der Waals surface area contributed by atoms with Crippen molar-refractivity contribution in [3.63, 3.8) is 0 Å². The Morgan fingerprint density at radius 3 is 2.46 bits per heavy atom. The predicted octanol–water partition coefficient (Wildman–Crippen LogP) is 4.28. The molecule has 4 rings (SSSR count). The molecule has 0 atom stereocenters. The molecule has 0 bridgehead atoms. The van der Waals surface area contributed by atoms with Gasteiger partial charge in [0.25, 0.3) is 0 Å². The average Bonchev–Trinajstić information content (AvgIpc) is 3.14. The molecule has 2 heterocycles. The largest absolute Gasteiger partial charge is 0.439 e. The number of hydrogen-bond acceptors (Lipinski definition) is 4. The fourth-order valence-electron chi connectivity index (χ4n) is 3.54. The summed E-state index contributed by atoms with van der Waals surface area (Å²) in [5, 5.41) is 0. The van der Waals surface area contributed by atoms with Gasteiger partial charge >= 0.3 is 0 Å². The second-order valence-electron chi connectivity index (χ2n) is 6.97. The van der Waals surface area contributed by atoms with Crippen molar-refractivity contribution in [2.24, 2.45) is 0 Å². The van der Waals surface area contributed by atoms with Crippen LogP contribution in [0.2, 0.25) is 0 Å². The van der Waals surface area contributed by atoms with E-state index in [1.54, 1.807) is 0 Å². The third-order valence-corrected chi connectivity index (χ3v) is 5.26. The van der Waals surface area contributed by atoms with Crippen LogP contribution < -0.4 is 4.90 Å². The van der Waals surface area contributed by atoms with E-state index in [2.05, 4.69) is 46.8 Å². The quantitative estimate of drug-likeness (QED) is 0.705. The van der Waals surface area contributed by atoms with Gasteiger partial charge in [0, 0.05) is 37.4 Å². The van der Waals surface area contributed by atoms with Gasteiger partial charge in [-0.2, -0.15) is 0 Å². The standard InChI is InChI=1S/C22H25N3O/c1-17-7-6-10-20(18(17)2)25-13-11-24(12-14-25)16-22-23-15-21(26-22)19-8-4-3-5-9-19/h3-10,15H,11-14,16H2,1-2H3. The SMILES string of the molecule is Cc1cccc(N2CCN(Cc3ncc(-c4ccccc4)o3)CC2)c1C. The Morgan fingerprint density at radius 2 is 1.69 bits per heavy atom. The molecule has 3 aromatic rings. The first-order valence-corrected chi connectivity index (χ1v) is 9.24. The molecule has 1 aliphatic heterocycles. The van der Waals surface area contributed by atoms with Crippen LogP contribution in [0.1, 0.15) is 17.0 Å². The van der Waals surface area contributed by atoms with E-state index >= 15 is 0 Å². The van der Waals surface area contributed by atoms with Crippen molar-refractivity contribution >= 4 is 5.69 Å². The minimum atomic E-state index is 0.771. The lowest BCUT2D eigenvalue weighted by molar-refractivity contribution is 0.227. The van der Waals surface area contributed by atoms with Crippen molar-refractivity contribution in [1.29, 1.82) is 0 Å². The van der Waals surface area contributed by atoms with E-state index in [0.29, 0.717) is 0 Å². The Morgan fingerprint density at radius 1 is 0.923 bits per heavy atom. The molecule has 0 amide bonds. The molecule has 0 unspecified atom stereocenters. The lowest BCUT2D eigenvalue weighted by atomic mass is 10.1. The van der Waals surface area contributed by atoms with E-state index in [4.69, 9.17) is 4.42 Å².